The number of hydrogen-bond donors (Lipinski definition) is 0. The fraction of sp³-hybridized carbons (Fsp3) is 0.333. The van der Waals surface area contributed by atoms with E-state index in [1.54, 1.807) is 0 Å². The molecule has 0 amide bonds. The van der Waals surface area contributed by atoms with Gasteiger partial charge in [0.25, 0.3) is 16.8 Å². The molecule has 158 valence electrons. The Morgan fingerprint density at radius 3 is 2.57 bits per heavy atom. The summed E-state index contributed by atoms with van der Waals surface area (Å²) in [7, 11) is -3.79. The average Bonchev–Trinajstić information content (AvgIpc) is 3.34. The number of sulfonamides is 1. The van der Waals surface area contributed by atoms with Gasteiger partial charge in [-0.3, -0.25) is 10.1 Å². The number of aromatic nitrogens is 2. The second kappa shape index (κ2) is 8.84. The molecule has 1 aliphatic rings. The minimum absolute atomic E-state index is 0.0785. The van der Waals surface area contributed by atoms with Crippen LogP contribution in [0.15, 0.2) is 55.1 Å². The lowest BCUT2D eigenvalue weighted by molar-refractivity contribution is -0.388. The van der Waals surface area contributed by atoms with Crippen molar-refractivity contribution in [2.45, 2.75) is 40.7 Å². The molecule has 0 N–H and O–H groups in total. The normalized spacial score (nSPS) is 15.7. The molecule has 0 aliphatic carbocycles. The maximum absolute atomic E-state index is 13.0. The molecular formula is C18H18N4O5S3. The maximum Gasteiger partial charge on any atom is 0.284 e. The highest BCUT2D eigenvalue weighted by molar-refractivity contribution is 7.99. The van der Waals surface area contributed by atoms with Gasteiger partial charge in [0.2, 0.25) is 10.0 Å². The van der Waals surface area contributed by atoms with Crippen LogP contribution in [0.5, 0.6) is 0 Å². The molecule has 0 radical (unpaired) electrons. The monoisotopic (exact) mass is 466 g/mol. The minimum Gasteiger partial charge on any atom is -0.410 e. The van der Waals surface area contributed by atoms with Crippen molar-refractivity contribution in [2.24, 2.45) is 0 Å². The first-order valence-corrected chi connectivity index (χ1v) is 12.4. The lowest BCUT2D eigenvalue weighted by Gasteiger charge is -2.19. The second-order valence-corrected chi connectivity index (χ2v) is 10.5. The van der Waals surface area contributed by atoms with E-state index in [-0.39, 0.29) is 20.7 Å². The third-order valence-electron chi connectivity index (χ3n) is 4.67. The molecule has 0 saturated carbocycles. The summed E-state index contributed by atoms with van der Waals surface area (Å²) in [6, 6.07) is 7.61. The first-order chi connectivity index (χ1) is 14.4. The lowest BCUT2D eigenvalue weighted by Crippen LogP contribution is -2.31. The average molecular weight is 467 g/mol. The number of nitrogens with zero attached hydrogens (tertiary/aromatic N) is 4. The first-order valence-electron chi connectivity index (χ1n) is 9.29. The second-order valence-electron chi connectivity index (χ2n) is 6.66. The molecule has 9 nitrogen and oxygen atoms in total. The molecule has 30 heavy (non-hydrogen) atoms. The van der Waals surface area contributed by atoms with Crippen molar-refractivity contribution in [3.05, 3.63) is 45.8 Å². The Balaban J connectivity index is 1.61. The van der Waals surface area contributed by atoms with E-state index >= 15 is 0 Å². The summed E-state index contributed by atoms with van der Waals surface area (Å²) in [5, 5.41) is 21.5. The van der Waals surface area contributed by atoms with Gasteiger partial charge < -0.3 is 4.42 Å². The van der Waals surface area contributed by atoms with Crippen molar-refractivity contribution < 1.29 is 17.8 Å². The number of nitro groups is 1. The van der Waals surface area contributed by atoms with Crippen LogP contribution < -0.4 is 0 Å². The Morgan fingerprint density at radius 2 is 1.90 bits per heavy atom. The van der Waals surface area contributed by atoms with Crippen LogP contribution in [-0.4, -0.2) is 40.9 Å². The fourth-order valence-corrected chi connectivity index (χ4v) is 6.11. The molecule has 0 unspecified atom stereocenters. The molecule has 0 atom stereocenters. The Labute approximate surface area is 181 Å². The van der Waals surface area contributed by atoms with Gasteiger partial charge in [-0.1, -0.05) is 18.9 Å². The van der Waals surface area contributed by atoms with Crippen LogP contribution in [0.4, 0.5) is 5.69 Å². The number of rotatable bonds is 6. The van der Waals surface area contributed by atoms with Crippen molar-refractivity contribution in [1.29, 1.82) is 0 Å². The smallest absolute Gasteiger partial charge is 0.284 e. The van der Waals surface area contributed by atoms with Gasteiger partial charge in [0.05, 0.1) is 19.6 Å². The largest absolute Gasteiger partial charge is 0.410 e. The molecule has 1 saturated heterocycles. The maximum atomic E-state index is 13.0. The molecule has 4 rings (SSSR count). The molecule has 0 bridgehead atoms. The SMILES string of the molecule is O=[N+]([O-])c1cc(S(=O)(=O)N2CCCCCC2)ccc1Sc1nnc(-c2cccs2)o1. The van der Waals surface area contributed by atoms with Crippen LogP contribution in [-0.2, 0) is 10.0 Å². The molecule has 1 fully saturated rings. The molecular weight excluding hydrogens is 448 g/mol. The zero-order valence-electron chi connectivity index (χ0n) is 15.8. The van der Waals surface area contributed by atoms with E-state index in [1.807, 2.05) is 17.5 Å². The Bertz CT molecular complexity index is 1140. The van der Waals surface area contributed by atoms with Crippen LogP contribution in [0.25, 0.3) is 10.8 Å². The quantitative estimate of drug-likeness (QED) is 0.387. The molecule has 12 heteroatoms. The summed E-state index contributed by atoms with van der Waals surface area (Å²) in [5.74, 6) is 0.329. The Morgan fingerprint density at radius 1 is 1.13 bits per heavy atom. The van der Waals surface area contributed by atoms with Gasteiger partial charge in [-0.25, -0.2) is 8.42 Å². The van der Waals surface area contributed by atoms with Crippen molar-refractivity contribution >= 4 is 38.8 Å². The van der Waals surface area contributed by atoms with Crippen molar-refractivity contribution in [2.75, 3.05) is 13.1 Å². The summed E-state index contributed by atoms with van der Waals surface area (Å²) in [6.45, 7) is 0.861. The van der Waals surface area contributed by atoms with E-state index in [9.17, 15) is 18.5 Å². The van der Waals surface area contributed by atoms with E-state index in [4.69, 9.17) is 4.42 Å². The summed E-state index contributed by atoms with van der Waals surface area (Å²) in [4.78, 5) is 12.0. The topological polar surface area (TPSA) is 119 Å². The highest BCUT2D eigenvalue weighted by atomic mass is 32.2. The van der Waals surface area contributed by atoms with E-state index in [1.165, 1.54) is 27.8 Å². The summed E-state index contributed by atoms with van der Waals surface area (Å²) >= 11 is 2.37. The van der Waals surface area contributed by atoms with Gasteiger partial charge in [-0.15, -0.1) is 21.5 Å². The van der Waals surface area contributed by atoms with Gasteiger partial charge in [0, 0.05) is 19.2 Å². The fourth-order valence-electron chi connectivity index (χ4n) is 3.16. The molecule has 3 heterocycles. The third kappa shape index (κ3) is 4.41. The summed E-state index contributed by atoms with van der Waals surface area (Å²) in [5.41, 5.74) is -0.313. The van der Waals surface area contributed by atoms with Crippen LogP contribution in [0.2, 0.25) is 0 Å². The van der Waals surface area contributed by atoms with Crippen LogP contribution >= 0.6 is 23.1 Å². The van der Waals surface area contributed by atoms with Gasteiger partial charge in [-0.05, 0) is 48.2 Å². The van der Waals surface area contributed by atoms with E-state index in [0.29, 0.717) is 19.0 Å². The van der Waals surface area contributed by atoms with Gasteiger partial charge in [0.1, 0.15) is 0 Å². The molecule has 0 spiro atoms. The predicted molar refractivity (Wildman–Crippen MR) is 112 cm³/mol. The predicted octanol–water partition coefficient (Wildman–Crippen LogP) is 4.42. The third-order valence-corrected chi connectivity index (χ3v) is 8.32. The van der Waals surface area contributed by atoms with E-state index in [2.05, 4.69) is 10.2 Å². The van der Waals surface area contributed by atoms with Crippen LogP contribution in [0, 0.1) is 10.1 Å². The highest BCUT2D eigenvalue weighted by Crippen LogP contribution is 2.37. The Hall–Kier alpha value is -2.28. The zero-order chi connectivity index (χ0) is 21.1. The number of benzene rings is 1. The van der Waals surface area contributed by atoms with Crippen LogP contribution in [0.3, 0.4) is 0 Å². The van der Waals surface area contributed by atoms with E-state index in [0.717, 1.165) is 48.4 Å². The van der Waals surface area contributed by atoms with Crippen molar-refractivity contribution in [3.63, 3.8) is 0 Å². The molecule has 1 aromatic carbocycles. The van der Waals surface area contributed by atoms with Crippen molar-refractivity contribution in [1.82, 2.24) is 14.5 Å². The zero-order valence-corrected chi connectivity index (χ0v) is 18.2. The van der Waals surface area contributed by atoms with Crippen molar-refractivity contribution in [3.8, 4) is 10.8 Å². The number of nitro benzene ring substituents is 1. The standard InChI is InChI=1S/C18H18N4O5S3/c23-22(24)14-12-13(30(25,26)21-9-3-1-2-4-10-21)7-8-15(14)29-18-20-19-17(27-18)16-6-5-11-28-16/h5-8,11-12H,1-4,9-10H2. The molecule has 1 aliphatic heterocycles. The van der Waals surface area contributed by atoms with E-state index < -0.39 is 14.9 Å². The van der Waals surface area contributed by atoms with Gasteiger partial charge in [0.15, 0.2) is 0 Å². The number of hydrogen-bond acceptors (Lipinski definition) is 9. The molecule has 3 aromatic rings. The minimum atomic E-state index is -3.79. The highest BCUT2D eigenvalue weighted by Gasteiger charge is 2.28. The van der Waals surface area contributed by atoms with Gasteiger partial charge >= 0.3 is 0 Å². The van der Waals surface area contributed by atoms with Gasteiger partial charge in [-0.2, -0.15) is 4.31 Å². The lowest BCUT2D eigenvalue weighted by atomic mass is 10.2. The number of thiophene rings is 1. The summed E-state index contributed by atoms with van der Waals surface area (Å²) in [6.07, 6.45) is 3.55. The first kappa shape index (κ1) is 21.0. The summed E-state index contributed by atoms with van der Waals surface area (Å²) < 4.78 is 32.9. The Kier molecular flexibility index (Phi) is 6.18. The van der Waals surface area contributed by atoms with Crippen LogP contribution in [0.1, 0.15) is 25.7 Å². The molecule has 2 aromatic heterocycles.